The molecule has 1 aromatic carbocycles. The van der Waals surface area contributed by atoms with Gasteiger partial charge in [-0.25, -0.2) is 0 Å². The van der Waals surface area contributed by atoms with Gasteiger partial charge >= 0.3 is 5.97 Å². The van der Waals surface area contributed by atoms with Crippen LogP contribution in [0.15, 0.2) is 18.2 Å². The van der Waals surface area contributed by atoms with Gasteiger partial charge in [0, 0.05) is 19.6 Å². The van der Waals surface area contributed by atoms with Gasteiger partial charge in [-0.15, -0.1) is 0 Å². The molecule has 0 amide bonds. The lowest BCUT2D eigenvalue weighted by molar-refractivity contribution is -0.147. The number of rotatable bonds is 9. The molecule has 2 rings (SSSR count). The molecule has 0 atom stereocenters. The van der Waals surface area contributed by atoms with E-state index in [1.165, 1.54) is 12.8 Å². The number of hydrogen-bond acceptors (Lipinski definition) is 4. The summed E-state index contributed by atoms with van der Waals surface area (Å²) in [6, 6.07) is 5.93. The third-order valence-electron chi connectivity index (χ3n) is 3.95. The standard InChI is InChI=1S/C17H25NO4/c1-3-4-5-8-22-15-7-6-13(9-16(15)21-2)10-18-11-14(12-18)17(19)20/h6-7,9,14H,3-5,8,10-12H2,1-2H3,(H,19,20). The van der Waals surface area contributed by atoms with Crippen LogP contribution in [0, 0.1) is 5.92 Å². The Hall–Kier alpha value is -1.75. The molecular weight excluding hydrogens is 282 g/mol. The minimum absolute atomic E-state index is 0.219. The third-order valence-corrected chi connectivity index (χ3v) is 3.95. The molecule has 0 spiro atoms. The maximum Gasteiger partial charge on any atom is 0.309 e. The van der Waals surface area contributed by atoms with Crippen LogP contribution < -0.4 is 9.47 Å². The van der Waals surface area contributed by atoms with Gasteiger partial charge in [-0.1, -0.05) is 25.8 Å². The summed E-state index contributed by atoms with van der Waals surface area (Å²) in [5, 5.41) is 8.89. The van der Waals surface area contributed by atoms with E-state index in [1.807, 2.05) is 18.2 Å². The van der Waals surface area contributed by atoms with Crippen LogP contribution in [-0.4, -0.2) is 42.8 Å². The molecule has 1 heterocycles. The Labute approximate surface area is 131 Å². The average molecular weight is 307 g/mol. The SMILES string of the molecule is CCCCCOc1ccc(CN2CC(C(=O)O)C2)cc1OC. The molecule has 1 aromatic rings. The molecule has 0 radical (unpaired) electrons. The van der Waals surface area contributed by atoms with Crippen molar-refractivity contribution in [3.05, 3.63) is 23.8 Å². The number of carboxylic acid groups (broad SMARTS) is 1. The Morgan fingerprint density at radius 2 is 2.09 bits per heavy atom. The van der Waals surface area contributed by atoms with Gasteiger partial charge in [-0.3, -0.25) is 9.69 Å². The summed E-state index contributed by atoms with van der Waals surface area (Å²) in [4.78, 5) is 12.9. The van der Waals surface area contributed by atoms with Crippen LogP contribution in [0.2, 0.25) is 0 Å². The second-order valence-corrected chi connectivity index (χ2v) is 5.77. The molecule has 0 aliphatic carbocycles. The van der Waals surface area contributed by atoms with E-state index in [-0.39, 0.29) is 5.92 Å². The van der Waals surface area contributed by atoms with E-state index >= 15 is 0 Å². The van der Waals surface area contributed by atoms with Crippen molar-refractivity contribution in [1.82, 2.24) is 4.90 Å². The normalized spacial score (nSPS) is 15.4. The highest BCUT2D eigenvalue weighted by molar-refractivity contribution is 5.71. The van der Waals surface area contributed by atoms with Crippen molar-refractivity contribution >= 4 is 5.97 Å². The Balaban J connectivity index is 1.87. The number of likely N-dealkylation sites (tertiary alicyclic amines) is 1. The Kier molecular flexibility index (Phi) is 6.07. The van der Waals surface area contributed by atoms with Crippen molar-refractivity contribution in [3.63, 3.8) is 0 Å². The van der Waals surface area contributed by atoms with E-state index in [4.69, 9.17) is 14.6 Å². The number of carbonyl (C=O) groups is 1. The maximum atomic E-state index is 10.8. The van der Waals surface area contributed by atoms with Crippen LogP contribution in [0.25, 0.3) is 0 Å². The van der Waals surface area contributed by atoms with E-state index in [2.05, 4.69) is 11.8 Å². The Bertz CT molecular complexity index is 497. The van der Waals surface area contributed by atoms with Gasteiger partial charge in [-0.05, 0) is 24.1 Å². The Morgan fingerprint density at radius 1 is 1.32 bits per heavy atom. The minimum atomic E-state index is -0.704. The van der Waals surface area contributed by atoms with Crippen LogP contribution in [0.3, 0.4) is 0 Å². The molecule has 1 aliphatic rings. The quantitative estimate of drug-likeness (QED) is 0.711. The summed E-state index contributed by atoms with van der Waals surface area (Å²) in [6.07, 6.45) is 3.39. The fourth-order valence-corrected chi connectivity index (χ4v) is 2.58. The highest BCUT2D eigenvalue weighted by atomic mass is 16.5. The number of hydrogen-bond donors (Lipinski definition) is 1. The van der Waals surface area contributed by atoms with Gasteiger partial charge in [-0.2, -0.15) is 0 Å². The number of ether oxygens (including phenoxy) is 2. The maximum absolute atomic E-state index is 10.8. The van der Waals surface area contributed by atoms with E-state index in [9.17, 15) is 4.79 Å². The molecule has 122 valence electrons. The summed E-state index contributed by atoms with van der Waals surface area (Å²) in [5.41, 5.74) is 1.11. The summed E-state index contributed by atoms with van der Waals surface area (Å²) in [7, 11) is 1.64. The largest absolute Gasteiger partial charge is 0.493 e. The van der Waals surface area contributed by atoms with E-state index < -0.39 is 5.97 Å². The zero-order valence-corrected chi connectivity index (χ0v) is 13.4. The van der Waals surface area contributed by atoms with E-state index in [0.717, 1.165) is 30.0 Å². The molecule has 0 saturated carbocycles. The van der Waals surface area contributed by atoms with Crippen LogP contribution in [-0.2, 0) is 11.3 Å². The number of unbranched alkanes of at least 4 members (excludes halogenated alkanes) is 2. The fraction of sp³-hybridized carbons (Fsp3) is 0.588. The molecule has 1 saturated heterocycles. The topological polar surface area (TPSA) is 59.0 Å². The zero-order chi connectivity index (χ0) is 15.9. The van der Waals surface area contributed by atoms with E-state index in [1.54, 1.807) is 7.11 Å². The molecule has 1 fully saturated rings. The predicted octanol–water partition coefficient (Wildman–Crippen LogP) is 2.78. The molecule has 1 N–H and O–H groups in total. The van der Waals surface area contributed by atoms with Crippen molar-refractivity contribution in [2.45, 2.75) is 32.7 Å². The van der Waals surface area contributed by atoms with Gasteiger partial charge < -0.3 is 14.6 Å². The lowest BCUT2D eigenvalue weighted by Crippen LogP contribution is -2.49. The summed E-state index contributed by atoms with van der Waals surface area (Å²) < 4.78 is 11.2. The molecule has 1 aliphatic heterocycles. The van der Waals surface area contributed by atoms with Crippen LogP contribution in [0.5, 0.6) is 11.5 Å². The summed E-state index contributed by atoms with van der Waals surface area (Å²) in [6.45, 7) is 4.85. The number of aliphatic carboxylic acids is 1. The number of carboxylic acids is 1. The van der Waals surface area contributed by atoms with Crippen LogP contribution in [0.1, 0.15) is 31.7 Å². The first-order valence-electron chi connectivity index (χ1n) is 7.89. The molecule has 5 heteroatoms. The lowest BCUT2D eigenvalue weighted by atomic mass is 9.99. The van der Waals surface area contributed by atoms with Gasteiger partial charge in [0.15, 0.2) is 11.5 Å². The Morgan fingerprint density at radius 3 is 2.73 bits per heavy atom. The fourth-order valence-electron chi connectivity index (χ4n) is 2.58. The van der Waals surface area contributed by atoms with Crippen molar-refractivity contribution in [2.24, 2.45) is 5.92 Å². The van der Waals surface area contributed by atoms with E-state index in [0.29, 0.717) is 19.7 Å². The lowest BCUT2D eigenvalue weighted by Gasteiger charge is -2.36. The molecule has 0 aromatic heterocycles. The zero-order valence-electron chi connectivity index (χ0n) is 13.4. The first kappa shape index (κ1) is 16.6. The summed E-state index contributed by atoms with van der Waals surface area (Å²) in [5.74, 6) is 0.589. The van der Waals surface area contributed by atoms with Gasteiger partial charge in [0.25, 0.3) is 0 Å². The second kappa shape index (κ2) is 8.03. The van der Waals surface area contributed by atoms with Gasteiger partial charge in [0.05, 0.1) is 19.6 Å². The molecule has 5 nitrogen and oxygen atoms in total. The van der Waals surface area contributed by atoms with Crippen molar-refractivity contribution in [1.29, 1.82) is 0 Å². The number of benzene rings is 1. The van der Waals surface area contributed by atoms with Crippen LogP contribution in [0.4, 0.5) is 0 Å². The smallest absolute Gasteiger partial charge is 0.309 e. The highest BCUT2D eigenvalue weighted by Gasteiger charge is 2.32. The number of nitrogens with zero attached hydrogens (tertiary/aromatic N) is 1. The van der Waals surface area contributed by atoms with Crippen molar-refractivity contribution in [3.8, 4) is 11.5 Å². The molecule has 22 heavy (non-hydrogen) atoms. The van der Waals surface area contributed by atoms with Crippen LogP contribution >= 0.6 is 0 Å². The first-order chi connectivity index (χ1) is 10.6. The van der Waals surface area contributed by atoms with Gasteiger partial charge in [0.1, 0.15) is 0 Å². The predicted molar refractivity (Wildman–Crippen MR) is 84.4 cm³/mol. The minimum Gasteiger partial charge on any atom is -0.493 e. The molecule has 0 bridgehead atoms. The number of methoxy groups -OCH3 is 1. The van der Waals surface area contributed by atoms with Crippen molar-refractivity contribution in [2.75, 3.05) is 26.8 Å². The molecule has 0 unspecified atom stereocenters. The summed E-state index contributed by atoms with van der Waals surface area (Å²) >= 11 is 0. The monoisotopic (exact) mass is 307 g/mol. The van der Waals surface area contributed by atoms with Crippen molar-refractivity contribution < 1.29 is 19.4 Å². The second-order valence-electron chi connectivity index (χ2n) is 5.77. The third kappa shape index (κ3) is 4.37. The molecular formula is C17H25NO4. The van der Waals surface area contributed by atoms with Gasteiger partial charge in [0.2, 0.25) is 0 Å². The highest BCUT2D eigenvalue weighted by Crippen LogP contribution is 2.29. The average Bonchev–Trinajstić information content (AvgIpc) is 2.47. The first-order valence-corrected chi connectivity index (χ1v) is 7.89.